The van der Waals surface area contributed by atoms with Crippen molar-refractivity contribution in [1.82, 2.24) is 9.97 Å². The number of nitrogen functional groups attached to an aromatic ring is 1. The summed E-state index contributed by atoms with van der Waals surface area (Å²) >= 11 is 0. The van der Waals surface area contributed by atoms with E-state index in [0.717, 1.165) is 0 Å². The minimum atomic E-state index is -1.08. The van der Waals surface area contributed by atoms with Crippen LogP contribution in [0.4, 0.5) is 5.82 Å². The number of hydrogen-bond acceptors (Lipinski definition) is 7. The summed E-state index contributed by atoms with van der Waals surface area (Å²) in [5.41, 5.74) is 6.12. The Labute approximate surface area is 97.9 Å². The number of aliphatic hydroxyl groups is 3. The van der Waals surface area contributed by atoms with Crippen LogP contribution < -0.4 is 5.73 Å². The first-order valence-corrected chi connectivity index (χ1v) is 5.30. The van der Waals surface area contributed by atoms with Gasteiger partial charge in [0.25, 0.3) is 0 Å². The highest BCUT2D eigenvalue weighted by molar-refractivity contribution is 5.28. The fourth-order valence-electron chi connectivity index (χ4n) is 1.88. The van der Waals surface area contributed by atoms with Crippen molar-refractivity contribution in [2.75, 3.05) is 12.3 Å². The lowest BCUT2D eigenvalue weighted by Crippen LogP contribution is -2.34. The van der Waals surface area contributed by atoms with Crippen LogP contribution in [0.2, 0.25) is 0 Å². The van der Waals surface area contributed by atoms with Gasteiger partial charge in [-0.2, -0.15) is 0 Å². The summed E-state index contributed by atoms with van der Waals surface area (Å²) < 4.78 is 5.33. The Balaban J connectivity index is 2.05. The molecule has 0 aliphatic carbocycles. The fourth-order valence-corrected chi connectivity index (χ4v) is 1.88. The number of rotatable bonds is 3. The Morgan fingerprint density at radius 2 is 1.94 bits per heavy atom. The van der Waals surface area contributed by atoms with Gasteiger partial charge in [-0.05, 0) is 0 Å². The minimum absolute atomic E-state index is 0.307. The molecule has 0 saturated carbocycles. The third kappa shape index (κ3) is 2.52. The molecule has 1 fully saturated rings. The van der Waals surface area contributed by atoms with E-state index < -0.39 is 24.4 Å². The van der Waals surface area contributed by atoms with Crippen LogP contribution in [0.1, 0.15) is 5.69 Å². The molecule has 0 aromatic carbocycles. The lowest BCUT2D eigenvalue weighted by molar-refractivity contribution is -0.0218. The number of nitrogens with two attached hydrogens (primary N) is 1. The van der Waals surface area contributed by atoms with E-state index in [4.69, 9.17) is 15.6 Å². The molecule has 17 heavy (non-hydrogen) atoms. The molecule has 4 atom stereocenters. The molecule has 7 heteroatoms. The number of hydrogen-bond donors (Lipinski definition) is 4. The van der Waals surface area contributed by atoms with Gasteiger partial charge < -0.3 is 25.8 Å². The van der Waals surface area contributed by atoms with E-state index in [2.05, 4.69) is 9.97 Å². The monoisotopic (exact) mass is 241 g/mol. The molecule has 1 aliphatic rings. The Hall–Kier alpha value is -1.28. The normalized spacial score (nSPS) is 32.9. The number of aromatic nitrogens is 2. The van der Waals surface area contributed by atoms with Crippen LogP contribution in [0, 0.1) is 0 Å². The summed E-state index contributed by atoms with van der Waals surface area (Å²) in [6.07, 6.45) is -1.84. The molecule has 0 bridgehead atoms. The molecule has 1 aromatic rings. The minimum Gasteiger partial charge on any atom is -0.394 e. The van der Waals surface area contributed by atoms with Gasteiger partial charge in [-0.3, -0.25) is 0 Å². The van der Waals surface area contributed by atoms with Crippen molar-refractivity contribution in [1.29, 1.82) is 0 Å². The molecule has 2 heterocycles. The highest BCUT2D eigenvalue weighted by Gasteiger charge is 2.42. The fraction of sp³-hybridized carbons (Fsp3) is 0.600. The van der Waals surface area contributed by atoms with Crippen LogP contribution in [0.3, 0.4) is 0 Å². The van der Waals surface area contributed by atoms with Gasteiger partial charge in [-0.1, -0.05) is 0 Å². The summed E-state index contributed by atoms with van der Waals surface area (Å²) in [6.45, 7) is -0.333. The van der Waals surface area contributed by atoms with E-state index in [1.807, 2.05) is 0 Å². The van der Waals surface area contributed by atoms with Gasteiger partial charge >= 0.3 is 0 Å². The van der Waals surface area contributed by atoms with Crippen molar-refractivity contribution in [3.8, 4) is 0 Å². The molecule has 0 radical (unpaired) electrons. The SMILES string of the molecule is Nc1cc(C[C@@H]2O[C@H](CO)[C@@H](O)[C@H]2O)ncn1. The lowest BCUT2D eigenvalue weighted by Gasteiger charge is -2.13. The van der Waals surface area contributed by atoms with Gasteiger partial charge in [0.2, 0.25) is 0 Å². The van der Waals surface area contributed by atoms with Crippen LogP contribution >= 0.6 is 0 Å². The first kappa shape index (κ1) is 12.2. The van der Waals surface area contributed by atoms with Gasteiger partial charge in [0.1, 0.15) is 30.5 Å². The van der Waals surface area contributed by atoms with Crippen molar-refractivity contribution in [3.63, 3.8) is 0 Å². The number of aliphatic hydroxyl groups excluding tert-OH is 3. The predicted molar refractivity (Wildman–Crippen MR) is 57.9 cm³/mol. The Kier molecular flexibility index (Phi) is 3.53. The average Bonchev–Trinajstić information content (AvgIpc) is 2.57. The maximum atomic E-state index is 9.73. The average molecular weight is 241 g/mol. The summed E-state index contributed by atoms with van der Waals surface area (Å²) in [5.74, 6) is 0.335. The summed E-state index contributed by atoms with van der Waals surface area (Å²) in [5, 5.41) is 28.2. The van der Waals surface area contributed by atoms with E-state index in [-0.39, 0.29) is 6.61 Å². The largest absolute Gasteiger partial charge is 0.394 e. The van der Waals surface area contributed by atoms with E-state index in [1.165, 1.54) is 6.33 Å². The lowest BCUT2D eigenvalue weighted by atomic mass is 10.0. The van der Waals surface area contributed by atoms with Gasteiger partial charge in [0.15, 0.2) is 0 Å². The Morgan fingerprint density at radius 1 is 1.24 bits per heavy atom. The zero-order valence-corrected chi connectivity index (χ0v) is 9.10. The molecule has 1 saturated heterocycles. The molecular weight excluding hydrogens is 226 g/mol. The second-order valence-corrected chi connectivity index (χ2v) is 4.02. The van der Waals surface area contributed by atoms with Crippen LogP contribution in [-0.4, -0.2) is 56.3 Å². The molecule has 94 valence electrons. The maximum Gasteiger partial charge on any atom is 0.126 e. The topological polar surface area (TPSA) is 122 Å². The Morgan fingerprint density at radius 3 is 2.53 bits per heavy atom. The molecule has 2 rings (SSSR count). The summed E-state index contributed by atoms with van der Waals surface area (Å²) in [4.78, 5) is 7.74. The molecule has 0 spiro atoms. The zero-order chi connectivity index (χ0) is 12.4. The molecule has 7 nitrogen and oxygen atoms in total. The molecule has 1 aromatic heterocycles. The van der Waals surface area contributed by atoms with Crippen molar-refractivity contribution in [2.45, 2.75) is 30.8 Å². The van der Waals surface area contributed by atoms with E-state index in [0.29, 0.717) is 17.9 Å². The number of ether oxygens (including phenoxy) is 1. The molecular formula is C10H15N3O4. The van der Waals surface area contributed by atoms with Crippen LogP contribution in [0.25, 0.3) is 0 Å². The van der Waals surface area contributed by atoms with Crippen LogP contribution in [0.5, 0.6) is 0 Å². The maximum absolute atomic E-state index is 9.73. The standard InChI is InChI=1S/C10H15N3O4/c11-8-2-5(12-4-13-8)1-6-9(15)10(16)7(3-14)17-6/h2,4,6-7,9-10,14-16H,1,3H2,(H2,11,12,13)/t6-,7+,9-,10+/m0/s1. The van der Waals surface area contributed by atoms with Crippen LogP contribution in [-0.2, 0) is 11.2 Å². The highest BCUT2D eigenvalue weighted by Crippen LogP contribution is 2.23. The molecule has 0 amide bonds. The Bertz CT molecular complexity index is 390. The van der Waals surface area contributed by atoms with Crippen molar-refractivity contribution in [3.05, 3.63) is 18.1 Å². The van der Waals surface area contributed by atoms with Crippen LogP contribution in [0.15, 0.2) is 12.4 Å². The van der Waals surface area contributed by atoms with Crippen molar-refractivity contribution >= 4 is 5.82 Å². The van der Waals surface area contributed by atoms with E-state index in [9.17, 15) is 10.2 Å². The third-order valence-electron chi connectivity index (χ3n) is 2.80. The summed E-state index contributed by atoms with van der Waals surface area (Å²) in [7, 11) is 0. The van der Waals surface area contributed by atoms with Gasteiger partial charge in [0.05, 0.1) is 12.7 Å². The zero-order valence-electron chi connectivity index (χ0n) is 9.10. The molecule has 1 aliphatic heterocycles. The van der Waals surface area contributed by atoms with Gasteiger partial charge in [0, 0.05) is 18.2 Å². The van der Waals surface area contributed by atoms with Crippen molar-refractivity contribution < 1.29 is 20.1 Å². The first-order valence-electron chi connectivity index (χ1n) is 5.30. The van der Waals surface area contributed by atoms with Crippen molar-refractivity contribution in [2.24, 2.45) is 0 Å². The highest BCUT2D eigenvalue weighted by atomic mass is 16.6. The third-order valence-corrected chi connectivity index (χ3v) is 2.80. The van der Waals surface area contributed by atoms with Gasteiger partial charge in [-0.25, -0.2) is 9.97 Å². The van der Waals surface area contributed by atoms with Gasteiger partial charge in [-0.15, -0.1) is 0 Å². The predicted octanol–water partition coefficient (Wildman–Crippen LogP) is -1.92. The second kappa shape index (κ2) is 4.92. The first-order chi connectivity index (χ1) is 8.11. The quantitative estimate of drug-likeness (QED) is 0.486. The van der Waals surface area contributed by atoms with E-state index in [1.54, 1.807) is 6.07 Å². The summed E-state index contributed by atoms with van der Waals surface area (Å²) in [6, 6.07) is 1.58. The molecule has 5 N–H and O–H groups in total. The number of anilines is 1. The number of nitrogens with zero attached hydrogens (tertiary/aromatic N) is 2. The van der Waals surface area contributed by atoms with E-state index >= 15 is 0 Å². The molecule has 0 unspecified atom stereocenters. The second-order valence-electron chi connectivity index (χ2n) is 4.02. The smallest absolute Gasteiger partial charge is 0.126 e.